The second-order valence-electron chi connectivity index (χ2n) is 6.39. The van der Waals surface area contributed by atoms with Gasteiger partial charge >= 0.3 is 0 Å². The molecule has 0 aliphatic heterocycles. The molecule has 0 fully saturated rings. The molecule has 3 rings (SSSR count). The Kier molecular flexibility index (Phi) is 5.37. The summed E-state index contributed by atoms with van der Waals surface area (Å²) >= 11 is 0. The third-order valence-electron chi connectivity index (χ3n) is 4.51. The summed E-state index contributed by atoms with van der Waals surface area (Å²) in [6.07, 6.45) is 0.397. The van der Waals surface area contributed by atoms with Crippen molar-refractivity contribution < 1.29 is 9.32 Å². The smallest absolute Gasteiger partial charge is 0.227 e. The molecule has 1 heterocycles. The standard InChI is InChI=1S/C22H21N3O2/c1-4-21(26)25(20-7-5-6-18(12-20)13-23)14-17-8-10-19(11-9-17)22-15(2)24-27-16(22)3/h5-12H,4,14H2,1-3H3. The van der Waals surface area contributed by atoms with Gasteiger partial charge < -0.3 is 9.42 Å². The van der Waals surface area contributed by atoms with Gasteiger partial charge in [0.15, 0.2) is 0 Å². The lowest BCUT2D eigenvalue weighted by atomic mass is 10.0. The van der Waals surface area contributed by atoms with Gasteiger partial charge in [-0.3, -0.25) is 4.79 Å². The summed E-state index contributed by atoms with van der Waals surface area (Å²) in [5.74, 6) is 0.802. The van der Waals surface area contributed by atoms with Gasteiger partial charge in [-0.15, -0.1) is 0 Å². The molecule has 0 radical (unpaired) electrons. The van der Waals surface area contributed by atoms with Crippen molar-refractivity contribution in [2.45, 2.75) is 33.7 Å². The van der Waals surface area contributed by atoms with Crippen molar-refractivity contribution in [3.63, 3.8) is 0 Å². The first-order valence-corrected chi connectivity index (χ1v) is 8.86. The van der Waals surface area contributed by atoms with Crippen molar-refractivity contribution >= 4 is 11.6 Å². The van der Waals surface area contributed by atoms with Crippen LogP contribution in [0.5, 0.6) is 0 Å². The lowest BCUT2D eigenvalue weighted by Crippen LogP contribution is -2.29. The first-order chi connectivity index (χ1) is 13.0. The largest absolute Gasteiger partial charge is 0.361 e. The molecule has 0 saturated carbocycles. The van der Waals surface area contributed by atoms with E-state index < -0.39 is 0 Å². The SMILES string of the molecule is CCC(=O)N(Cc1ccc(-c2c(C)noc2C)cc1)c1cccc(C#N)c1. The van der Waals surface area contributed by atoms with Gasteiger partial charge in [-0.2, -0.15) is 5.26 Å². The fourth-order valence-electron chi connectivity index (χ4n) is 3.11. The number of rotatable bonds is 5. The van der Waals surface area contributed by atoms with E-state index in [1.807, 2.05) is 51.1 Å². The number of benzene rings is 2. The molecule has 136 valence electrons. The van der Waals surface area contributed by atoms with E-state index in [-0.39, 0.29) is 5.91 Å². The summed E-state index contributed by atoms with van der Waals surface area (Å²) in [7, 11) is 0. The molecule has 3 aromatic rings. The van der Waals surface area contributed by atoms with Crippen LogP contribution >= 0.6 is 0 Å². The predicted molar refractivity (Wildman–Crippen MR) is 104 cm³/mol. The fourth-order valence-corrected chi connectivity index (χ4v) is 3.11. The molecule has 0 bridgehead atoms. The second kappa shape index (κ2) is 7.88. The van der Waals surface area contributed by atoms with Crippen LogP contribution in [0.25, 0.3) is 11.1 Å². The Morgan fingerprint density at radius 3 is 2.52 bits per heavy atom. The van der Waals surface area contributed by atoms with E-state index in [9.17, 15) is 4.79 Å². The molecule has 27 heavy (non-hydrogen) atoms. The predicted octanol–water partition coefficient (Wildman–Crippen LogP) is 4.77. The van der Waals surface area contributed by atoms with Gasteiger partial charge in [0.2, 0.25) is 5.91 Å². The van der Waals surface area contributed by atoms with Crippen LogP contribution in [0.2, 0.25) is 0 Å². The summed E-state index contributed by atoms with van der Waals surface area (Å²) in [4.78, 5) is 14.2. The van der Waals surface area contributed by atoms with E-state index >= 15 is 0 Å². The van der Waals surface area contributed by atoms with Crippen molar-refractivity contribution in [2.24, 2.45) is 0 Å². The Hall–Kier alpha value is -3.39. The van der Waals surface area contributed by atoms with Crippen molar-refractivity contribution in [3.05, 3.63) is 71.1 Å². The summed E-state index contributed by atoms with van der Waals surface area (Å²) in [5.41, 5.74) is 5.18. The highest BCUT2D eigenvalue weighted by Crippen LogP contribution is 2.27. The molecule has 0 spiro atoms. The Labute approximate surface area is 158 Å². The van der Waals surface area contributed by atoms with Crippen LogP contribution in [0, 0.1) is 25.2 Å². The number of anilines is 1. The second-order valence-corrected chi connectivity index (χ2v) is 6.39. The van der Waals surface area contributed by atoms with Gasteiger partial charge in [0.1, 0.15) is 5.76 Å². The van der Waals surface area contributed by atoms with Crippen LogP contribution in [0.15, 0.2) is 53.1 Å². The summed E-state index contributed by atoms with van der Waals surface area (Å²) in [5, 5.41) is 13.1. The highest BCUT2D eigenvalue weighted by Gasteiger charge is 2.16. The molecule has 5 heteroatoms. The fraction of sp³-hybridized carbons (Fsp3) is 0.227. The highest BCUT2D eigenvalue weighted by molar-refractivity contribution is 5.93. The van der Waals surface area contributed by atoms with Crippen LogP contribution in [0.3, 0.4) is 0 Å². The van der Waals surface area contributed by atoms with E-state index in [4.69, 9.17) is 9.78 Å². The van der Waals surface area contributed by atoms with Crippen molar-refractivity contribution in [1.29, 1.82) is 5.26 Å². The van der Waals surface area contributed by atoms with Gasteiger partial charge in [-0.05, 0) is 43.2 Å². The quantitative estimate of drug-likeness (QED) is 0.658. The number of carbonyl (C=O) groups excluding carboxylic acids is 1. The maximum atomic E-state index is 12.5. The lowest BCUT2D eigenvalue weighted by Gasteiger charge is -2.23. The van der Waals surface area contributed by atoms with E-state index in [2.05, 4.69) is 11.2 Å². The van der Waals surface area contributed by atoms with E-state index in [1.54, 1.807) is 23.1 Å². The lowest BCUT2D eigenvalue weighted by molar-refractivity contribution is -0.118. The minimum absolute atomic E-state index is 0.0138. The van der Waals surface area contributed by atoms with Gasteiger partial charge in [-0.25, -0.2) is 0 Å². The van der Waals surface area contributed by atoms with Gasteiger partial charge in [0, 0.05) is 17.7 Å². The average Bonchev–Trinajstić information content (AvgIpc) is 3.04. The molecular weight excluding hydrogens is 338 g/mol. The molecule has 0 aliphatic carbocycles. The van der Waals surface area contributed by atoms with E-state index in [0.29, 0.717) is 18.5 Å². The van der Waals surface area contributed by atoms with Crippen molar-refractivity contribution in [2.75, 3.05) is 4.90 Å². The van der Waals surface area contributed by atoms with Crippen molar-refractivity contribution in [1.82, 2.24) is 5.16 Å². The van der Waals surface area contributed by atoms with Crippen LogP contribution < -0.4 is 4.90 Å². The Morgan fingerprint density at radius 2 is 1.93 bits per heavy atom. The summed E-state index contributed by atoms with van der Waals surface area (Å²) < 4.78 is 5.24. The number of nitriles is 1. The normalized spacial score (nSPS) is 10.4. The monoisotopic (exact) mass is 359 g/mol. The maximum absolute atomic E-state index is 12.5. The third-order valence-corrected chi connectivity index (χ3v) is 4.51. The average molecular weight is 359 g/mol. The number of aryl methyl sites for hydroxylation is 2. The number of hydrogen-bond acceptors (Lipinski definition) is 4. The Morgan fingerprint density at radius 1 is 1.19 bits per heavy atom. The van der Waals surface area contributed by atoms with E-state index in [1.165, 1.54) is 0 Å². The number of hydrogen-bond donors (Lipinski definition) is 0. The number of carbonyl (C=O) groups is 1. The Bertz CT molecular complexity index is 978. The van der Waals surface area contributed by atoms with Crippen molar-refractivity contribution in [3.8, 4) is 17.2 Å². The molecule has 1 amide bonds. The Balaban J connectivity index is 1.88. The van der Waals surface area contributed by atoms with Crippen LogP contribution in [-0.4, -0.2) is 11.1 Å². The molecule has 0 N–H and O–H groups in total. The zero-order chi connectivity index (χ0) is 19.4. The number of aromatic nitrogens is 1. The summed E-state index contributed by atoms with van der Waals surface area (Å²) in [6, 6.07) is 17.3. The first kappa shape index (κ1) is 18.4. The number of amides is 1. The molecule has 2 aromatic carbocycles. The zero-order valence-corrected chi connectivity index (χ0v) is 15.7. The summed E-state index contributed by atoms with van der Waals surface area (Å²) in [6.45, 7) is 6.10. The topological polar surface area (TPSA) is 70.1 Å². The molecule has 5 nitrogen and oxygen atoms in total. The molecular formula is C22H21N3O2. The van der Waals surface area contributed by atoms with Gasteiger partial charge in [0.25, 0.3) is 0 Å². The van der Waals surface area contributed by atoms with Gasteiger partial charge in [0.05, 0.1) is 23.9 Å². The molecule has 1 aromatic heterocycles. The highest BCUT2D eigenvalue weighted by atomic mass is 16.5. The molecule has 0 saturated heterocycles. The minimum Gasteiger partial charge on any atom is -0.361 e. The minimum atomic E-state index is 0.0138. The maximum Gasteiger partial charge on any atom is 0.227 e. The van der Waals surface area contributed by atoms with Crippen LogP contribution in [-0.2, 0) is 11.3 Å². The van der Waals surface area contributed by atoms with E-state index in [0.717, 1.165) is 33.8 Å². The number of nitrogens with zero attached hydrogens (tertiary/aromatic N) is 3. The zero-order valence-electron chi connectivity index (χ0n) is 15.7. The molecule has 0 unspecified atom stereocenters. The van der Waals surface area contributed by atoms with Crippen LogP contribution in [0.4, 0.5) is 5.69 Å². The first-order valence-electron chi connectivity index (χ1n) is 8.86. The molecule has 0 atom stereocenters. The molecule has 0 aliphatic rings. The van der Waals surface area contributed by atoms with Crippen LogP contribution in [0.1, 0.15) is 35.9 Å². The van der Waals surface area contributed by atoms with Gasteiger partial charge in [-0.1, -0.05) is 42.4 Å². The third kappa shape index (κ3) is 3.90.